The van der Waals surface area contributed by atoms with Gasteiger partial charge >= 0.3 is 0 Å². The van der Waals surface area contributed by atoms with E-state index in [0.717, 1.165) is 31.5 Å². The number of rotatable bonds is 6. The van der Waals surface area contributed by atoms with Crippen LogP contribution < -0.4 is 4.74 Å². The second-order valence-corrected chi connectivity index (χ2v) is 4.36. The summed E-state index contributed by atoms with van der Waals surface area (Å²) in [6, 6.07) is 3.63. The number of ether oxygens (including phenoxy) is 1. The van der Waals surface area contributed by atoms with Gasteiger partial charge in [-0.1, -0.05) is 27.7 Å². The predicted octanol–water partition coefficient (Wildman–Crippen LogP) is 3.69. The Balaban J connectivity index is 0.00000172. The Hall–Kier alpha value is -1.58. The molecule has 4 heteroatoms. The molecule has 0 aliphatic carbocycles. The number of nitrogens with zero attached hydrogens (tertiary/aromatic N) is 2. The van der Waals surface area contributed by atoms with Gasteiger partial charge in [0.05, 0.1) is 7.11 Å². The second kappa shape index (κ2) is 10.2. The van der Waals surface area contributed by atoms with E-state index in [1.165, 1.54) is 0 Å². The van der Waals surface area contributed by atoms with E-state index >= 15 is 0 Å². The zero-order valence-electron chi connectivity index (χ0n) is 13.7. The first-order chi connectivity index (χ1) is 9.62. The summed E-state index contributed by atoms with van der Waals surface area (Å²) in [5, 5.41) is 0. The van der Waals surface area contributed by atoms with Crippen LogP contribution in [0.4, 0.5) is 0 Å². The molecular weight excluding hydrogens is 252 g/mol. The van der Waals surface area contributed by atoms with Crippen molar-refractivity contribution in [3.63, 3.8) is 0 Å². The van der Waals surface area contributed by atoms with Crippen LogP contribution in [0.1, 0.15) is 56.6 Å². The van der Waals surface area contributed by atoms with Gasteiger partial charge in [-0.25, -0.2) is 4.98 Å². The van der Waals surface area contributed by atoms with Crippen LogP contribution in [0.5, 0.6) is 5.88 Å². The van der Waals surface area contributed by atoms with Crippen molar-refractivity contribution in [2.75, 3.05) is 20.2 Å². The Bertz CT molecular complexity index is 399. The van der Waals surface area contributed by atoms with Gasteiger partial charge in [-0.15, -0.1) is 0 Å². The molecule has 0 saturated heterocycles. The number of amides is 1. The Morgan fingerprint density at radius 2 is 1.75 bits per heavy atom. The highest BCUT2D eigenvalue weighted by Gasteiger charge is 2.16. The third-order valence-corrected chi connectivity index (χ3v) is 2.65. The minimum atomic E-state index is -0.0132. The number of pyridine rings is 1. The summed E-state index contributed by atoms with van der Waals surface area (Å²) < 4.78 is 5.10. The first-order valence-corrected chi connectivity index (χ1v) is 7.44. The van der Waals surface area contributed by atoms with E-state index in [-0.39, 0.29) is 5.91 Å². The van der Waals surface area contributed by atoms with Gasteiger partial charge < -0.3 is 9.64 Å². The molecule has 1 heterocycles. The molecule has 1 aromatic heterocycles. The third kappa shape index (κ3) is 5.59. The molecule has 0 aromatic carbocycles. The van der Waals surface area contributed by atoms with E-state index < -0.39 is 0 Å². The average molecular weight is 280 g/mol. The van der Waals surface area contributed by atoms with Gasteiger partial charge in [0.15, 0.2) is 0 Å². The van der Waals surface area contributed by atoms with Crippen molar-refractivity contribution < 1.29 is 9.53 Å². The fourth-order valence-electron chi connectivity index (χ4n) is 1.87. The molecule has 0 radical (unpaired) electrons. The monoisotopic (exact) mass is 280 g/mol. The molecule has 0 atom stereocenters. The van der Waals surface area contributed by atoms with E-state index in [9.17, 15) is 4.79 Å². The average Bonchev–Trinajstić information content (AvgIpc) is 2.47. The lowest BCUT2D eigenvalue weighted by Gasteiger charge is -2.21. The molecule has 0 aliphatic heterocycles. The van der Waals surface area contributed by atoms with Gasteiger partial charge in [0.25, 0.3) is 5.91 Å². The Morgan fingerprint density at radius 1 is 1.20 bits per heavy atom. The maximum absolute atomic E-state index is 12.4. The number of hydrogen-bond donors (Lipinski definition) is 0. The molecule has 1 amide bonds. The smallest absolute Gasteiger partial charge is 0.272 e. The topological polar surface area (TPSA) is 42.4 Å². The van der Waals surface area contributed by atoms with Crippen LogP contribution in [-0.4, -0.2) is 36.0 Å². The molecule has 1 aromatic rings. The van der Waals surface area contributed by atoms with Crippen molar-refractivity contribution in [1.82, 2.24) is 9.88 Å². The van der Waals surface area contributed by atoms with Gasteiger partial charge in [-0.3, -0.25) is 4.79 Å². The Kier molecular flexibility index (Phi) is 9.43. The van der Waals surface area contributed by atoms with Crippen molar-refractivity contribution in [2.24, 2.45) is 0 Å². The maximum Gasteiger partial charge on any atom is 0.272 e. The number of methoxy groups -OCH3 is 1. The number of hydrogen-bond acceptors (Lipinski definition) is 3. The standard InChI is InChI=1S/C14H22N2O2.C2H6/c1-5-7-16(8-6-2)14(17)12-9-11(3)10-13(15-12)18-4;1-2/h9-10H,5-8H2,1-4H3;1-2H3. The quantitative estimate of drug-likeness (QED) is 0.798. The van der Waals surface area contributed by atoms with Crippen LogP contribution in [0.2, 0.25) is 0 Å². The molecule has 20 heavy (non-hydrogen) atoms. The van der Waals surface area contributed by atoms with Crippen LogP contribution in [0.25, 0.3) is 0 Å². The van der Waals surface area contributed by atoms with Crippen LogP contribution in [0.15, 0.2) is 12.1 Å². The lowest BCUT2D eigenvalue weighted by atomic mass is 10.2. The molecule has 1 rings (SSSR count). The Labute approximate surface area is 123 Å². The minimum absolute atomic E-state index is 0.0132. The van der Waals surface area contributed by atoms with Gasteiger partial charge in [-0.05, 0) is 31.4 Å². The van der Waals surface area contributed by atoms with Crippen molar-refractivity contribution in [1.29, 1.82) is 0 Å². The van der Waals surface area contributed by atoms with Gasteiger partial charge in [0.1, 0.15) is 5.69 Å². The van der Waals surface area contributed by atoms with E-state index in [1.807, 2.05) is 37.8 Å². The van der Waals surface area contributed by atoms with Gasteiger partial charge in [0, 0.05) is 19.2 Å². The summed E-state index contributed by atoms with van der Waals surface area (Å²) in [6.45, 7) is 11.6. The van der Waals surface area contributed by atoms with Crippen LogP contribution in [0, 0.1) is 6.92 Å². The fraction of sp³-hybridized carbons (Fsp3) is 0.625. The first-order valence-electron chi connectivity index (χ1n) is 7.44. The molecule has 0 fully saturated rings. The van der Waals surface area contributed by atoms with Crippen LogP contribution >= 0.6 is 0 Å². The van der Waals surface area contributed by atoms with Crippen LogP contribution in [-0.2, 0) is 0 Å². The number of carbonyl (C=O) groups is 1. The third-order valence-electron chi connectivity index (χ3n) is 2.65. The van der Waals surface area contributed by atoms with Crippen molar-refractivity contribution in [3.8, 4) is 5.88 Å². The molecule has 0 N–H and O–H groups in total. The highest BCUT2D eigenvalue weighted by Crippen LogP contribution is 2.13. The zero-order chi connectivity index (χ0) is 15.5. The van der Waals surface area contributed by atoms with E-state index in [2.05, 4.69) is 18.8 Å². The van der Waals surface area contributed by atoms with Gasteiger partial charge in [0.2, 0.25) is 5.88 Å². The van der Waals surface area contributed by atoms with Crippen molar-refractivity contribution >= 4 is 5.91 Å². The summed E-state index contributed by atoms with van der Waals surface area (Å²) in [6.07, 6.45) is 1.91. The fourth-order valence-corrected chi connectivity index (χ4v) is 1.87. The first kappa shape index (κ1) is 18.4. The summed E-state index contributed by atoms with van der Waals surface area (Å²) in [4.78, 5) is 18.4. The molecule has 0 saturated carbocycles. The highest BCUT2D eigenvalue weighted by molar-refractivity contribution is 5.92. The summed E-state index contributed by atoms with van der Waals surface area (Å²) in [5.41, 5.74) is 1.45. The number of aryl methyl sites for hydroxylation is 1. The molecular formula is C16H28N2O2. The minimum Gasteiger partial charge on any atom is -0.481 e. The predicted molar refractivity (Wildman–Crippen MR) is 83.4 cm³/mol. The van der Waals surface area contributed by atoms with Crippen LogP contribution in [0.3, 0.4) is 0 Å². The number of carbonyl (C=O) groups excluding carboxylic acids is 1. The highest BCUT2D eigenvalue weighted by atomic mass is 16.5. The zero-order valence-corrected chi connectivity index (χ0v) is 13.7. The molecule has 0 unspecified atom stereocenters. The molecule has 0 spiro atoms. The molecule has 114 valence electrons. The molecule has 4 nitrogen and oxygen atoms in total. The summed E-state index contributed by atoms with van der Waals surface area (Å²) in [7, 11) is 1.56. The number of aromatic nitrogens is 1. The van der Waals surface area contributed by atoms with E-state index in [4.69, 9.17) is 4.74 Å². The second-order valence-electron chi connectivity index (χ2n) is 4.36. The lowest BCUT2D eigenvalue weighted by molar-refractivity contribution is 0.0748. The summed E-state index contributed by atoms with van der Waals surface area (Å²) >= 11 is 0. The Morgan fingerprint density at radius 3 is 2.20 bits per heavy atom. The summed E-state index contributed by atoms with van der Waals surface area (Å²) in [5.74, 6) is 0.479. The maximum atomic E-state index is 12.4. The van der Waals surface area contributed by atoms with E-state index in [1.54, 1.807) is 7.11 Å². The SMILES string of the molecule is CC.CCCN(CCC)C(=O)c1cc(C)cc(OC)n1. The van der Waals surface area contributed by atoms with Gasteiger partial charge in [-0.2, -0.15) is 0 Å². The molecule has 0 bridgehead atoms. The molecule has 0 aliphatic rings. The normalized spacial score (nSPS) is 9.50. The van der Waals surface area contributed by atoms with Crippen molar-refractivity contribution in [2.45, 2.75) is 47.5 Å². The lowest BCUT2D eigenvalue weighted by Crippen LogP contribution is -2.33. The largest absolute Gasteiger partial charge is 0.481 e. The van der Waals surface area contributed by atoms with E-state index in [0.29, 0.717) is 11.6 Å². The van der Waals surface area contributed by atoms with Crippen molar-refractivity contribution in [3.05, 3.63) is 23.4 Å².